The number of aliphatic hydroxyl groups excluding tert-OH is 1. The van der Waals surface area contributed by atoms with Crippen molar-refractivity contribution in [2.24, 2.45) is 23.7 Å². The third kappa shape index (κ3) is 26.6. The highest BCUT2D eigenvalue weighted by molar-refractivity contribution is 6.00. The van der Waals surface area contributed by atoms with Crippen molar-refractivity contribution in [3.63, 3.8) is 0 Å². The zero-order valence-corrected chi connectivity index (χ0v) is 64.6. The number of nitrogens with one attached hydrogen (secondary N) is 4. The Bertz CT molecular complexity index is 3140. The third-order valence-electron chi connectivity index (χ3n) is 19.5. The van der Waals surface area contributed by atoms with Crippen molar-refractivity contribution in [2.75, 3.05) is 88.2 Å². The summed E-state index contributed by atoms with van der Waals surface area (Å²) in [5, 5.41) is 33.2. The molecule has 12 amide bonds. The van der Waals surface area contributed by atoms with E-state index in [0.717, 1.165) is 21.1 Å². The van der Waals surface area contributed by atoms with Gasteiger partial charge in [0, 0.05) is 81.4 Å². The van der Waals surface area contributed by atoms with Gasteiger partial charge in [0.2, 0.25) is 70.9 Å². The van der Waals surface area contributed by atoms with Crippen LogP contribution in [0.25, 0.3) is 0 Å². The molecule has 2 saturated heterocycles. The Kier molecular flexibility index (Phi) is 35.2. The predicted octanol–water partition coefficient (Wildman–Crippen LogP) is 3.40. The molecule has 0 aromatic heterocycles. The Morgan fingerprint density at radius 2 is 0.981 bits per heavy atom. The molecule has 2 aliphatic rings. The number of likely N-dealkylation sites (N-methyl/N-ethyl adjacent to an activating group) is 6. The van der Waals surface area contributed by atoms with E-state index in [4.69, 9.17) is 4.74 Å². The number of hydrogen-bond acceptors (Lipinski definition) is 15. The number of benzene rings is 2. The van der Waals surface area contributed by atoms with Gasteiger partial charge in [0.1, 0.15) is 54.4 Å². The molecule has 27 heteroatoms. The van der Waals surface area contributed by atoms with Gasteiger partial charge < -0.3 is 75.4 Å². The first-order valence-corrected chi connectivity index (χ1v) is 36.7. The summed E-state index contributed by atoms with van der Waals surface area (Å²) in [5.41, 5.74) is 0.0948. The molecule has 2 aromatic rings. The maximum Gasteiger partial charge on any atom is 0.248 e. The lowest BCUT2D eigenvalue weighted by Gasteiger charge is -2.37. The monoisotopic (exact) mass is 1440 g/mol. The molecule has 4 rings (SSSR count). The van der Waals surface area contributed by atoms with Crippen molar-refractivity contribution in [3.05, 3.63) is 71.8 Å². The van der Waals surface area contributed by atoms with Gasteiger partial charge in [-0.25, -0.2) is 0 Å². The molecule has 0 aliphatic carbocycles. The summed E-state index contributed by atoms with van der Waals surface area (Å²) in [5.74, 6) is -10.2. The fourth-order valence-corrected chi connectivity index (χ4v) is 12.8. The highest BCUT2D eigenvalue weighted by Gasteiger charge is 2.44. The minimum atomic E-state index is -1.68. The summed E-state index contributed by atoms with van der Waals surface area (Å²) in [4.78, 5) is 190. The van der Waals surface area contributed by atoms with E-state index in [0.29, 0.717) is 49.9 Å². The lowest BCUT2D eigenvalue weighted by Crippen LogP contribution is -2.62. The Hall–Kier alpha value is -8.04. The summed E-state index contributed by atoms with van der Waals surface area (Å²) >= 11 is 0. The van der Waals surface area contributed by atoms with Crippen LogP contribution in [0.3, 0.4) is 0 Å². The van der Waals surface area contributed by atoms with E-state index in [9.17, 15) is 34.2 Å². The summed E-state index contributed by atoms with van der Waals surface area (Å²) in [6.45, 7) is 19.7. The summed E-state index contributed by atoms with van der Waals surface area (Å²) in [6.07, 6.45) is 0.838. The number of carbonyl (C=O) groups is 12. The Labute approximate surface area is 611 Å². The van der Waals surface area contributed by atoms with Crippen molar-refractivity contribution >= 4 is 70.9 Å². The number of aliphatic hydroxyl groups is 2. The van der Waals surface area contributed by atoms with Crippen molar-refractivity contribution in [2.45, 2.75) is 226 Å². The molecule has 6 N–H and O–H groups in total. The van der Waals surface area contributed by atoms with Gasteiger partial charge in [-0.2, -0.15) is 0 Å². The SMILES string of the molecule is CCCN1CC(=O)N(C)[C@@H](Cc2ccccc2)C(=O)N[C@@H]([C@@H](C)CC)C(=O)N(C)[C@@H](CC(C)C)C(=O)N[C@@H]([C@@H](C)O)C(=O)N(C)CC(=O)N(C)[C@@H](Cc2ccccc2)C(=O)N(C)[C@@H](CC(C)C)C(=O)N[C@@H](COCCC(C)(C)O)C(=O)N(C)[C@@H](CC(C)C)C(=O)N[C@H](C(=O)N2CCCCC2)CC1=O. The average Bonchev–Trinajstić information content (AvgIpc) is 0.823. The molecule has 2 aliphatic heterocycles. The van der Waals surface area contributed by atoms with Crippen molar-refractivity contribution in [1.82, 2.24) is 60.5 Å². The van der Waals surface area contributed by atoms with E-state index in [2.05, 4.69) is 21.3 Å². The molecule has 0 radical (unpaired) electrons. The molecule has 103 heavy (non-hydrogen) atoms. The minimum Gasteiger partial charge on any atom is -0.391 e. The molecule has 0 spiro atoms. The van der Waals surface area contributed by atoms with Crippen molar-refractivity contribution in [3.8, 4) is 0 Å². The van der Waals surface area contributed by atoms with Gasteiger partial charge in [-0.15, -0.1) is 0 Å². The zero-order chi connectivity index (χ0) is 77.3. The molecule has 0 unspecified atom stereocenters. The number of carbonyl (C=O) groups excluding carboxylic acids is 12. The molecule has 27 nitrogen and oxygen atoms in total. The van der Waals surface area contributed by atoms with Crippen LogP contribution in [-0.2, 0) is 75.1 Å². The molecule has 2 fully saturated rings. The van der Waals surface area contributed by atoms with Gasteiger partial charge in [0.05, 0.1) is 37.8 Å². The molecule has 576 valence electrons. The summed E-state index contributed by atoms with van der Waals surface area (Å²) < 4.78 is 6.03. The minimum absolute atomic E-state index is 0.0164. The van der Waals surface area contributed by atoms with Crippen LogP contribution in [0.2, 0.25) is 0 Å². The topological polar surface area (TPSA) is 329 Å². The van der Waals surface area contributed by atoms with Gasteiger partial charge in [0.15, 0.2) is 0 Å². The molecular formula is C76H122N12O15. The quantitative estimate of drug-likeness (QED) is 0.0976. The first-order chi connectivity index (χ1) is 48.3. The molecule has 2 heterocycles. The average molecular weight is 1440 g/mol. The number of ether oxygens (including phenoxy) is 1. The van der Waals surface area contributed by atoms with Gasteiger partial charge in [-0.3, -0.25) is 57.5 Å². The number of hydrogen-bond donors (Lipinski definition) is 6. The van der Waals surface area contributed by atoms with Gasteiger partial charge in [-0.05, 0) is 107 Å². The van der Waals surface area contributed by atoms with Crippen LogP contribution >= 0.6 is 0 Å². The molecule has 2 aromatic carbocycles. The summed E-state index contributed by atoms with van der Waals surface area (Å²) in [6, 6.07) is 5.11. The maximum absolute atomic E-state index is 15.4. The van der Waals surface area contributed by atoms with Gasteiger partial charge >= 0.3 is 0 Å². The Balaban J connectivity index is 2.00. The van der Waals surface area contributed by atoms with Crippen LogP contribution in [0.1, 0.15) is 158 Å². The second kappa shape index (κ2) is 41.5. The Morgan fingerprint density at radius 1 is 0.534 bits per heavy atom. The number of rotatable bonds is 21. The first kappa shape index (κ1) is 87.4. The van der Waals surface area contributed by atoms with Crippen LogP contribution in [0.15, 0.2) is 60.7 Å². The van der Waals surface area contributed by atoms with Crippen molar-refractivity contribution < 1.29 is 72.5 Å². The fourth-order valence-electron chi connectivity index (χ4n) is 12.8. The van der Waals surface area contributed by atoms with Crippen LogP contribution in [-0.4, -0.2) is 275 Å². The lowest BCUT2D eigenvalue weighted by atomic mass is 9.94. The van der Waals surface area contributed by atoms with Gasteiger partial charge in [0.25, 0.3) is 0 Å². The van der Waals surface area contributed by atoms with E-state index in [1.165, 1.54) is 68.8 Å². The smallest absolute Gasteiger partial charge is 0.248 e. The van der Waals surface area contributed by atoms with Crippen LogP contribution in [0.5, 0.6) is 0 Å². The fraction of sp³-hybridized carbons (Fsp3) is 0.684. The number of likely N-dealkylation sites (tertiary alicyclic amines) is 1. The van der Waals surface area contributed by atoms with E-state index >= 15 is 33.6 Å². The highest BCUT2D eigenvalue weighted by Crippen LogP contribution is 2.23. The maximum atomic E-state index is 15.4. The third-order valence-corrected chi connectivity index (χ3v) is 19.5. The van der Waals surface area contributed by atoms with E-state index in [1.54, 1.807) is 93.3 Å². The van der Waals surface area contributed by atoms with Crippen LogP contribution < -0.4 is 21.3 Å². The second-order valence-corrected chi connectivity index (χ2v) is 30.2. The largest absolute Gasteiger partial charge is 0.391 e. The van der Waals surface area contributed by atoms with Crippen molar-refractivity contribution in [1.29, 1.82) is 0 Å². The molecule has 0 bridgehead atoms. The predicted molar refractivity (Wildman–Crippen MR) is 392 cm³/mol. The zero-order valence-electron chi connectivity index (χ0n) is 64.6. The Morgan fingerprint density at radius 3 is 1.47 bits per heavy atom. The van der Waals surface area contributed by atoms with E-state index < -0.39 is 169 Å². The number of nitrogens with zero attached hydrogens (tertiary/aromatic N) is 8. The molecule has 11 atom stereocenters. The second-order valence-electron chi connectivity index (χ2n) is 30.2. The molecule has 0 saturated carbocycles. The van der Waals surface area contributed by atoms with E-state index in [1.807, 2.05) is 48.5 Å². The normalized spacial score (nSPS) is 24.4. The first-order valence-electron chi connectivity index (χ1n) is 36.7. The highest BCUT2D eigenvalue weighted by atomic mass is 16.5. The van der Waals surface area contributed by atoms with E-state index in [-0.39, 0.29) is 69.4 Å². The summed E-state index contributed by atoms with van der Waals surface area (Å²) in [7, 11) is 8.27. The number of amides is 12. The number of piperidine rings is 1. The standard InChI is InChI=1S/C76H122N12O15/c1-19-35-88-46-64(92)82(14)60(42-53-30-24-21-25-31-53)70(96)79-65(51(9)20-2)75(101)86(18)59(41-50(7)8)69(95)80-66(52(10)89)74(100)81(13)45-63(91)83(15)61(43-54-32-26-22-27-33-54)73(99)85(17)58(40-49(5)6)68(94)78-56(47-103-38-34-76(11,12)102)71(97)84(16)57(39-48(3)4)67(93)77-55(44-62(88)90)72(98)87-36-28-23-29-37-87/h21-22,24-27,30-33,48-52,55-61,65-66,89,102H,19-20,23,28-29,34-47H2,1-18H3,(H,77,93)(H,78,94)(H,79,96)(H,80,95)/t51-,52+,55-,56-,57-,58-,59-,60-,61-,65-,66-/m0/s1. The van der Waals surface area contributed by atoms with Crippen LogP contribution in [0, 0.1) is 23.7 Å². The van der Waals surface area contributed by atoms with Gasteiger partial charge in [-0.1, -0.05) is 129 Å². The van der Waals surface area contributed by atoms with Crippen LogP contribution in [0.4, 0.5) is 0 Å². The molecular weight excluding hydrogens is 1320 g/mol. The lowest BCUT2D eigenvalue weighted by molar-refractivity contribution is -0.151.